The first-order valence-electron chi connectivity index (χ1n) is 17.6. The third-order valence-corrected chi connectivity index (χ3v) is 8.17. The molecule has 0 spiro atoms. The second-order valence-electron chi connectivity index (χ2n) is 12.4. The van der Waals surface area contributed by atoms with Crippen LogP contribution in [0.4, 0.5) is 28.4 Å². The molecule has 0 fully saturated rings. The van der Waals surface area contributed by atoms with Crippen molar-refractivity contribution in [1.82, 2.24) is 0 Å². The van der Waals surface area contributed by atoms with Crippen molar-refractivity contribution in [3.05, 3.63) is 198 Å². The number of rotatable bonds is 11. The van der Waals surface area contributed by atoms with Crippen LogP contribution in [0.3, 0.4) is 0 Å². The molecule has 0 bridgehead atoms. The van der Waals surface area contributed by atoms with Crippen LogP contribution in [0.25, 0.3) is 11.1 Å². The smallest absolute Gasteiger partial charge is 0.0857 e. The number of halogens is 1. The van der Waals surface area contributed by atoms with Crippen molar-refractivity contribution < 1.29 is 28.9 Å². The summed E-state index contributed by atoms with van der Waals surface area (Å²) in [4.78, 5) is 6.67. The van der Waals surface area contributed by atoms with Crippen LogP contribution < -0.4 is 23.5 Å². The number of anilines is 1. The monoisotopic (exact) mass is 763 g/mol. The minimum Gasteiger partial charge on any atom is -0.378 e. The molecule has 5 aromatic carbocycles. The molecule has 11 heteroatoms. The van der Waals surface area contributed by atoms with E-state index in [0.717, 1.165) is 74.1 Å². The second kappa shape index (κ2) is 20.3. The van der Waals surface area contributed by atoms with Gasteiger partial charge in [-0.1, -0.05) is 103 Å². The van der Waals surface area contributed by atoms with E-state index in [1.54, 1.807) is 0 Å². The first kappa shape index (κ1) is 40.8. The lowest BCUT2D eigenvalue weighted by molar-refractivity contribution is -2.00. The molecule has 0 unspecified atom stereocenters. The van der Waals surface area contributed by atoms with Crippen molar-refractivity contribution in [2.45, 2.75) is 6.92 Å². The summed E-state index contributed by atoms with van der Waals surface area (Å²) in [6, 6.07) is 44.5. The van der Waals surface area contributed by atoms with E-state index in [1.807, 2.05) is 91.9 Å². The molecular weight excluding hydrogens is 724 g/mol. The minimum absolute atomic E-state index is 0.745. The van der Waals surface area contributed by atoms with Gasteiger partial charge in [0.05, 0.1) is 28.5 Å². The quantitative estimate of drug-likeness (QED) is 0.0989. The highest BCUT2D eigenvalue weighted by Crippen LogP contribution is 2.30. The summed E-state index contributed by atoms with van der Waals surface area (Å²) in [6.07, 6.45) is 14.9. The molecule has 282 valence electrons. The zero-order valence-electron chi connectivity index (χ0n) is 31.1. The number of allylic oxidation sites excluding steroid dienone is 9. The van der Waals surface area contributed by atoms with E-state index in [2.05, 4.69) is 136 Å². The third kappa shape index (κ3) is 13.2. The van der Waals surface area contributed by atoms with Gasteiger partial charge < -0.3 is 4.90 Å². The SMILES string of the molecule is CCN=C1C=CC(=C(C=CC=C(c2ccc(N=Nc3ccccc3)cc2)c2ccc(N(C)C)cc2)c2ccc(N=Nc3ccccc3)cc2)C=C1.[O-][Cl+3]([O-])([O-])[O-]. The van der Waals surface area contributed by atoms with Crippen LogP contribution in [0.5, 0.6) is 0 Å². The van der Waals surface area contributed by atoms with Crippen LogP contribution in [0.15, 0.2) is 207 Å². The van der Waals surface area contributed by atoms with Crippen molar-refractivity contribution >= 4 is 45.3 Å². The molecule has 0 aliphatic heterocycles. The minimum atomic E-state index is -4.94. The fourth-order valence-corrected chi connectivity index (χ4v) is 5.46. The van der Waals surface area contributed by atoms with Crippen molar-refractivity contribution in [3.8, 4) is 0 Å². The van der Waals surface area contributed by atoms with Crippen LogP contribution in [-0.2, 0) is 0 Å². The third-order valence-electron chi connectivity index (χ3n) is 8.17. The lowest BCUT2D eigenvalue weighted by Crippen LogP contribution is -2.68. The number of hydrogen-bond donors (Lipinski definition) is 0. The number of benzene rings is 5. The molecule has 1 aliphatic rings. The molecular formula is C45H40ClN6O4-. The maximum Gasteiger partial charge on any atom is 0.0857 e. The second-order valence-corrected chi connectivity index (χ2v) is 13.1. The first-order valence-corrected chi connectivity index (χ1v) is 18.9. The fraction of sp³-hybridized carbons (Fsp3) is 0.0889. The van der Waals surface area contributed by atoms with Crippen molar-refractivity contribution in [2.24, 2.45) is 25.4 Å². The van der Waals surface area contributed by atoms with Gasteiger partial charge in [-0.25, -0.2) is 18.6 Å². The van der Waals surface area contributed by atoms with Gasteiger partial charge in [0.25, 0.3) is 0 Å². The summed E-state index contributed by atoms with van der Waals surface area (Å²) in [6.45, 7) is 2.79. The molecule has 0 atom stereocenters. The Balaban J connectivity index is 0.00000113. The predicted molar refractivity (Wildman–Crippen MR) is 214 cm³/mol. The molecule has 1 aliphatic carbocycles. The molecule has 5 aromatic rings. The summed E-state index contributed by atoms with van der Waals surface area (Å²) >= 11 is 0. The average molecular weight is 764 g/mol. The molecule has 0 amide bonds. The van der Waals surface area contributed by atoms with Gasteiger partial charge in [-0.05, 0) is 113 Å². The largest absolute Gasteiger partial charge is 0.378 e. The van der Waals surface area contributed by atoms with Gasteiger partial charge in [-0.3, -0.25) is 4.99 Å². The summed E-state index contributed by atoms with van der Waals surface area (Å²) in [7, 11) is -0.841. The molecule has 0 saturated heterocycles. The Morgan fingerprint density at radius 3 is 1.39 bits per heavy atom. The van der Waals surface area contributed by atoms with E-state index < -0.39 is 10.2 Å². The Hall–Kier alpha value is -6.40. The number of azo groups is 2. The Morgan fingerprint density at radius 1 is 0.554 bits per heavy atom. The van der Waals surface area contributed by atoms with Crippen LogP contribution in [-0.4, -0.2) is 26.4 Å². The lowest BCUT2D eigenvalue weighted by Gasteiger charge is -2.17. The van der Waals surface area contributed by atoms with Gasteiger partial charge in [0.1, 0.15) is 0 Å². The Bertz CT molecular complexity index is 2250. The van der Waals surface area contributed by atoms with Crippen LogP contribution in [0.2, 0.25) is 0 Å². The Kier molecular flexibility index (Phi) is 14.8. The predicted octanol–water partition coefficient (Wildman–Crippen LogP) is 7.86. The highest BCUT2D eigenvalue weighted by atomic mass is 35.7. The van der Waals surface area contributed by atoms with E-state index in [9.17, 15) is 0 Å². The van der Waals surface area contributed by atoms with Crippen LogP contribution in [0, 0.1) is 10.2 Å². The average Bonchev–Trinajstić information content (AvgIpc) is 3.21. The number of hydrogen-bond acceptors (Lipinski definition) is 10. The normalized spacial score (nSPS) is 13.0. The molecule has 0 aromatic heterocycles. The van der Waals surface area contributed by atoms with E-state index in [-0.39, 0.29) is 0 Å². The zero-order valence-corrected chi connectivity index (χ0v) is 31.9. The van der Waals surface area contributed by atoms with Gasteiger partial charge in [0.15, 0.2) is 0 Å². The molecule has 56 heavy (non-hydrogen) atoms. The highest BCUT2D eigenvalue weighted by Gasteiger charge is 2.09. The summed E-state index contributed by atoms with van der Waals surface area (Å²) in [5.74, 6) is 0. The summed E-state index contributed by atoms with van der Waals surface area (Å²) < 4.78 is 34.0. The maximum atomic E-state index is 8.49. The molecule has 10 nitrogen and oxygen atoms in total. The lowest BCUT2D eigenvalue weighted by atomic mass is 9.94. The van der Waals surface area contributed by atoms with Gasteiger partial charge in [-0.15, -0.1) is 10.2 Å². The first-order chi connectivity index (χ1) is 27.1. The van der Waals surface area contributed by atoms with Crippen molar-refractivity contribution in [1.29, 1.82) is 0 Å². The molecule has 0 N–H and O–H groups in total. The van der Waals surface area contributed by atoms with Gasteiger partial charge in [-0.2, -0.15) is 20.5 Å². The van der Waals surface area contributed by atoms with E-state index >= 15 is 0 Å². The molecule has 0 radical (unpaired) electrons. The Labute approximate surface area is 329 Å². The van der Waals surface area contributed by atoms with E-state index in [1.165, 1.54) is 0 Å². The van der Waals surface area contributed by atoms with E-state index in [0.29, 0.717) is 0 Å². The van der Waals surface area contributed by atoms with E-state index in [4.69, 9.17) is 18.6 Å². The summed E-state index contributed by atoms with van der Waals surface area (Å²) in [5.41, 5.74) is 11.9. The molecule has 0 heterocycles. The van der Waals surface area contributed by atoms with Crippen LogP contribution >= 0.6 is 0 Å². The topological polar surface area (TPSA) is 157 Å². The van der Waals surface area contributed by atoms with Crippen molar-refractivity contribution in [3.63, 3.8) is 0 Å². The molecule has 0 saturated carbocycles. The van der Waals surface area contributed by atoms with Gasteiger partial charge in [0, 0.05) is 26.3 Å². The van der Waals surface area contributed by atoms with Crippen molar-refractivity contribution in [2.75, 3.05) is 25.5 Å². The summed E-state index contributed by atoms with van der Waals surface area (Å²) in [5, 5.41) is 17.7. The highest BCUT2D eigenvalue weighted by molar-refractivity contribution is 6.07. The van der Waals surface area contributed by atoms with Crippen LogP contribution in [0.1, 0.15) is 23.6 Å². The fourth-order valence-electron chi connectivity index (χ4n) is 5.46. The van der Waals surface area contributed by atoms with Gasteiger partial charge in [0.2, 0.25) is 0 Å². The number of aliphatic imine (C=N–C) groups is 1. The zero-order chi connectivity index (χ0) is 39.8. The molecule has 6 rings (SSSR count). The standard InChI is InChI=1S/C45H40N6.ClHO4/c1-4-46-38-26-18-34(19-27-38)44(35-20-28-41(29-21-35)49-47-39-12-7-5-8-13-39)16-11-17-45(37-24-32-43(33-25-37)51(2)3)36-22-30-42(31-23-36)50-48-40-14-9-6-10-15-40;2-1(3,4)5/h5-33H,4H2,1-3H3;(H,2,3,4,5)/p-1. The van der Waals surface area contributed by atoms with Gasteiger partial charge >= 0.3 is 0 Å². The Morgan fingerprint density at radius 2 is 0.964 bits per heavy atom. The maximum absolute atomic E-state index is 8.49. The number of nitrogens with zero attached hydrogens (tertiary/aromatic N) is 6.